The molecule has 1 atom stereocenters. The van der Waals surface area contributed by atoms with E-state index in [0.717, 1.165) is 36.8 Å². The summed E-state index contributed by atoms with van der Waals surface area (Å²) in [6.07, 6.45) is 5.43. The number of anilines is 1. The van der Waals surface area contributed by atoms with E-state index in [0.29, 0.717) is 13.1 Å². The average molecular weight is 371 g/mol. The van der Waals surface area contributed by atoms with Gasteiger partial charge in [0.15, 0.2) is 0 Å². The van der Waals surface area contributed by atoms with E-state index in [1.54, 1.807) is 12.4 Å². The molecule has 1 aliphatic rings. The minimum atomic E-state index is 0.0228. The number of carbonyl (C=O) groups is 1. The molecule has 0 unspecified atom stereocenters. The van der Waals surface area contributed by atoms with Crippen LogP contribution >= 0.6 is 11.8 Å². The number of piperidine rings is 1. The van der Waals surface area contributed by atoms with Crippen LogP contribution in [0.3, 0.4) is 0 Å². The van der Waals surface area contributed by atoms with Gasteiger partial charge in [0, 0.05) is 43.5 Å². The lowest BCUT2D eigenvalue weighted by Crippen LogP contribution is -2.44. The number of carbonyl (C=O) groups excluding carboxylic acids is 1. The molecule has 138 valence electrons. The maximum Gasteiger partial charge on any atom is 0.225 e. The Morgan fingerprint density at radius 2 is 2.04 bits per heavy atom. The third-order valence-corrected chi connectivity index (χ3v) is 5.59. The van der Waals surface area contributed by atoms with Crippen molar-refractivity contribution in [2.45, 2.75) is 25.5 Å². The van der Waals surface area contributed by atoms with Crippen LogP contribution in [0.5, 0.6) is 0 Å². The van der Waals surface area contributed by atoms with Gasteiger partial charge in [0.25, 0.3) is 0 Å². The quantitative estimate of drug-likeness (QED) is 0.759. The van der Waals surface area contributed by atoms with Crippen molar-refractivity contribution < 1.29 is 4.79 Å². The molecule has 0 aliphatic carbocycles. The largest absolute Gasteiger partial charge is 0.355 e. The summed E-state index contributed by atoms with van der Waals surface area (Å²) in [5.41, 5.74) is 2.62. The normalized spacial score (nSPS) is 17.1. The van der Waals surface area contributed by atoms with Gasteiger partial charge in [-0.15, -0.1) is 0 Å². The first-order chi connectivity index (χ1) is 12.7. The Bertz CT molecular complexity index is 693. The van der Waals surface area contributed by atoms with Gasteiger partial charge in [0.2, 0.25) is 11.9 Å². The van der Waals surface area contributed by atoms with E-state index < -0.39 is 0 Å². The number of thioether (sulfide) groups is 1. The fourth-order valence-electron chi connectivity index (χ4n) is 3.09. The molecule has 1 fully saturated rings. The highest BCUT2D eigenvalue weighted by Crippen LogP contribution is 2.20. The van der Waals surface area contributed by atoms with Crippen LogP contribution in [0.15, 0.2) is 42.7 Å². The fourth-order valence-corrected chi connectivity index (χ4v) is 3.91. The molecule has 1 N–H and O–H groups in total. The highest BCUT2D eigenvalue weighted by atomic mass is 32.2. The van der Waals surface area contributed by atoms with Gasteiger partial charge in [0.1, 0.15) is 0 Å². The Kier molecular flexibility index (Phi) is 6.89. The van der Waals surface area contributed by atoms with Crippen LogP contribution in [0.1, 0.15) is 24.0 Å². The summed E-state index contributed by atoms with van der Waals surface area (Å²) in [5.74, 6) is 2.81. The van der Waals surface area contributed by atoms with E-state index in [1.807, 2.05) is 17.8 Å². The van der Waals surface area contributed by atoms with Crippen LogP contribution in [0, 0.1) is 12.8 Å². The van der Waals surface area contributed by atoms with E-state index in [2.05, 4.69) is 51.4 Å². The summed E-state index contributed by atoms with van der Waals surface area (Å²) in [7, 11) is 0. The zero-order valence-electron chi connectivity index (χ0n) is 15.2. The zero-order valence-corrected chi connectivity index (χ0v) is 16.0. The van der Waals surface area contributed by atoms with Crippen LogP contribution in [0.25, 0.3) is 0 Å². The third-order valence-electron chi connectivity index (χ3n) is 4.56. The zero-order chi connectivity index (χ0) is 18.2. The number of hydrogen-bond donors (Lipinski definition) is 1. The van der Waals surface area contributed by atoms with Crippen molar-refractivity contribution in [2.75, 3.05) is 30.3 Å². The number of amides is 1. The van der Waals surface area contributed by atoms with Crippen LogP contribution in [-0.2, 0) is 10.5 Å². The number of benzene rings is 1. The minimum Gasteiger partial charge on any atom is -0.355 e. The van der Waals surface area contributed by atoms with Crippen LogP contribution < -0.4 is 10.2 Å². The number of hydrogen-bond acceptors (Lipinski definition) is 5. The Morgan fingerprint density at radius 1 is 1.27 bits per heavy atom. The van der Waals surface area contributed by atoms with Gasteiger partial charge in [-0.2, -0.15) is 11.8 Å². The second kappa shape index (κ2) is 9.57. The molecule has 6 heteroatoms. The molecule has 0 bridgehead atoms. The maximum atomic E-state index is 12.5. The SMILES string of the molecule is Cc1ccc(CSCCNC(=O)[C@@H]2CCCN(c3ncccn3)C2)cc1. The predicted octanol–water partition coefficient (Wildman–Crippen LogP) is 3.05. The Balaban J connectivity index is 1.37. The summed E-state index contributed by atoms with van der Waals surface area (Å²) in [6.45, 7) is 4.43. The Hall–Kier alpha value is -2.08. The van der Waals surface area contributed by atoms with Crippen molar-refractivity contribution in [1.29, 1.82) is 0 Å². The summed E-state index contributed by atoms with van der Waals surface area (Å²) in [5, 5.41) is 3.09. The highest BCUT2D eigenvalue weighted by molar-refractivity contribution is 7.98. The predicted molar refractivity (Wildman–Crippen MR) is 107 cm³/mol. The van der Waals surface area contributed by atoms with Crippen molar-refractivity contribution in [3.05, 3.63) is 53.9 Å². The van der Waals surface area contributed by atoms with Gasteiger partial charge >= 0.3 is 0 Å². The molecule has 3 rings (SSSR count). The van der Waals surface area contributed by atoms with Crippen LogP contribution in [0.4, 0.5) is 5.95 Å². The average Bonchev–Trinajstić information content (AvgIpc) is 2.70. The molecule has 2 aromatic rings. The first-order valence-electron chi connectivity index (χ1n) is 9.15. The first kappa shape index (κ1) is 18.7. The molecule has 0 spiro atoms. The van der Waals surface area contributed by atoms with Crippen LogP contribution in [-0.4, -0.2) is 41.3 Å². The van der Waals surface area contributed by atoms with Crippen molar-refractivity contribution >= 4 is 23.6 Å². The highest BCUT2D eigenvalue weighted by Gasteiger charge is 2.26. The molecule has 2 heterocycles. The molecule has 5 nitrogen and oxygen atoms in total. The topological polar surface area (TPSA) is 58.1 Å². The Morgan fingerprint density at radius 3 is 2.81 bits per heavy atom. The van der Waals surface area contributed by atoms with Gasteiger partial charge in [-0.1, -0.05) is 29.8 Å². The lowest BCUT2D eigenvalue weighted by molar-refractivity contribution is -0.125. The Labute approximate surface area is 159 Å². The lowest BCUT2D eigenvalue weighted by atomic mass is 9.97. The second-order valence-corrected chi connectivity index (χ2v) is 7.77. The van der Waals surface area contributed by atoms with E-state index in [9.17, 15) is 4.79 Å². The van der Waals surface area contributed by atoms with E-state index in [4.69, 9.17) is 0 Å². The molecule has 1 aromatic heterocycles. The summed E-state index contributed by atoms with van der Waals surface area (Å²) in [6, 6.07) is 10.4. The van der Waals surface area contributed by atoms with Gasteiger partial charge < -0.3 is 10.2 Å². The van der Waals surface area contributed by atoms with Gasteiger partial charge in [-0.3, -0.25) is 4.79 Å². The molecule has 1 aliphatic heterocycles. The van der Waals surface area contributed by atoms with Crippen molar-refractivity contribution in [3.8, 4) is 0 Å². The number of rotatable bonds is 7. The summed E-state index contributed by atoms with van der Waals surface area (Å²) >= 11 is 1.85. The fraction of sp³-hybridized carbons (Fsp3) is 0.450. The van der Waals surface area contributed by atoms with Gasteiger partial charge in [-0.25, -0.2) is 9.97 Å². The maximum absolute atomic E-state index is 12.5. The standard InChI is InChI=1S/C20H26N4OS/c1-16-5-7-17(8-6-16)15-26-13-11-21-19(25)18-4-2-12-24(14-18)20-22-9-3-10-23-20/h3,5-10,18H,2,4,11-15H2,1H3,(H,21,25)/t18-/m1/s1. The molecule has 26 heavy (non-hydrogen) atoms. The van der Waals surface area contributed by atoms with E-state index in [-0.39, 0.29) is 11.8 Å². The number of aryl methyl sites for hydroxylation is 1. The van der Waals surface area contributed by atoms with Gasteiger partial charge in [-0.05, 0) is 31.4 Å². The number of aromatic nitrogens is 2. The van der Waals surface area contributed by atoms with Crippen molar-refractivity contribution in [2.24, 2.45) is 5.92 Å². The number of nitrogens with zero attached hydrogens (tertiary/aromatic N) is 3. The molecule has 1 saturated heterocycles. The lowest BCUT2D eigenvalue weighted by Gasteiger charge is -2.31. The minimum absolute atomic E-state index is 0.0228. The van der Waals surface area contributed by atoms with Crippen LogP contribution in [0.2, 0.25) is 0 Å². The monoisotopic (exact) mass is 370 g/mol. The van der Waals surface area contributed by atoms with Crippen molar-refractivity contribution in [3.63, 3.8) is 0 Å². The molecular weight excluding hydrogens is 344 g/mol. The van der Waals surface area contributed by atoms with Crippen molar-refractivity contribution in [1.82, 2.24) is 15.3 Å². The number of nitrogens with one attached hydrogen (secondary N) is 1. The molecule has 0 saturated carbocycles. The first-order valence-corrected chi connectivity index (χ1v) is 10.3. The molecule has 1 amide bonds. The molecule has 0 radical (unpaired) electrons. The molecule has 1 aromatic carbocycles. The van der Waals surface area contributed by atoms with Gasteiger partial charge in [0.05, 0.1) is 5.92 Å². The molecular formula is C20H26N4OS. The summed E-state index contributed by atoms with van der Waals surface area (Å²) < 4.78 is 0. The van der Waals surface area contributed by atoms with E-state index >= 15 is 0 Å². The summed E-state index contributed by atoms with van der Waals surface area (Å²) in [4.78, 5) is 23.2. The van der Waals surface area contributed by atoms with E-state index in [1.165, 1.54) is 11.1 Å². The second-order valence-electron chi connectivity index (χ2n) is 6.66. The third kappa shape index (κ3) is 5.46. The smallest absolute Gasteiger partial charge is 0.225 e.